The number of benzene rings is 1. The Bertz CT molecular complexity index is 669. The summed E-state index contributed by atoms with van der Waals surface area (Å²) in [5.41, 5.74) is 2.99. The van der Waals surface area contributed by atoms with Crippen LogP contribution in [-0.4, -0.2) is 45.3 Å². The molecule has 24 heavy (non-hydrogen) atoms. The molecule has 2 N–H and O–H groups in total. The minimum absolute atomic E-state index is 0.0417. The molecule has 1 aromatic carbocycles. The van der Waals surface area contributed by atoms with Crippen LogP contribution in [0.1, 0.15) is 23.4 Å². The summed E-state index contributed by atoms with van der Waals surface area (Å²) in [5, 5.41) is 16.6. The summed E-state index contributed by atoms with van der Waals surface area (Å²) in [5.74, 6) is 0.0567. The lowest BCUT2D eigenvalue weighted by Crippen LogP contribution is -2.37. The van der Waals surface area contributed by atoms with Gasteiger partial charge in [0.15, 0.2) is 0 Å². The van der Waals surface area contributed by atoms with Gasteiger partial charge in [-0.3, -0.25) is 14.4 Å². The second-order valence-electron chi connectivity index (χ2n) is 6.16. The lowest BCUT2D eigenvalue weighted by molar-refractivity contribution is -0.122. The highest BCUT2D eigenvalue weighted by molar-refractivity contribution is 5.78. The minimum atomic E-state index is -0.0417. The normalized spacial score (nSPS) is 14.9. The molecule has 0 saturated carbocycles. The highest BCUT2D eigenvalue weighted by Crippen LogP contribution is 2.13. The largest absolute Gasteiger partial charge is 0.390 e. The molecular formula is C18H24N4O2. The van der Waals surface area contributed by atoms with E-state index in [9.17, 15) is 9.90 Å². The van der Waals surface area contributed by atoms with Crippen LogP contribution in [-0.2, 0) is 30.9 Å². The maximum atomic E-state index is 12.2. The van der Waals surface area contributed by atoms with Crippen molar-refractivity contribution in [1.82, 2.24) is 20.0 Å². The maximum Gasteiger partial charge on any atom is 0.234 e. The van der Waals surface area contributed by atoms with Crippen LogP contribution in [0.4, 0.5) is 0 Å². The summed E-state index contributed by atoms with van der Waals surface area (Å²) in [4.78, 5) is 14.3. The van der Waals surface area contributed by atoms with Crippen molar-refractivity contribution in [3.8, 4) is 0 Å². The molecule has 1 aromatic heterocycles. The van der Waals surface area contributed by atoms with E-state index in [1.807, 2.05) is 28.9 Å². The molecule has 1 amide bonds. The number of amides is 1. The lowest BCUT2D eigenvalue weighted by atomic mass is 10.1. The Balaban J connectivity index is 1.47. The fraction of sp³-hybridized carbons (Fsp3) is 0.444. The third-order valence-electron chi connectivity index (χ3n) is 4.25. The Morgan fingerprint density at radius 3 is 2.88 bits per heavy atom. The molecule has 0 atom stereocenters. The van der Waals surface area contributed by atoms with E-state index in [0.29, 0.717) is 25.3 Å². The van der Waals surface area contributed by atoms with Crippen LogP contribution in [0, 0.1) is 0 Å². The molecule has 0 radical (unpaired) electrons. The predicted octanol–water partition coefficient (Wildman–Crippen LogP) is 0.940. The summed E-state index contributed by atoms with van der Waals surface area (Å²) in [6, 6.07) is 12.1. The fourth-order valence-corrected chi connectivity index (χ4v) is 3.05. The highest BCUT2D eigenvalue weighted by Gasteiger charge is 2.18. The smallest absolute Gasteiger partial charge is 0.234 e. The van der Waals surface area contributed by atoms with Crippen LogP contribution in [0.2, 0.25) is 0 Å². The predicted molar refractivity (Wildman–Crippen MR) is 91.2 cm³/mol. The summed E-state index contributed by atoms with van der Waals surface area (Å²) in [6.45, 7) is 3.42. The van der Waals surface area contributed by atoms with Crippen LogP contribution in [0.25, 0.3) is 0 Å². The Labute approximate surface area is 142 Å². The number of aryl methyl sites for hydroxylation is 1. The number of hydrogen-bond acceptors (Lipinski definition) is 4. The maximum absolute atomic E-state index is 12.2. The van der Waals surface area contributed by atoms with Gasteiger partial charge >= 0.3 is 0 Å². The summed E-state index contributed by atoms with van der Waals surface area (Å²) in [6.07, 6.45) is 1.80. The van der Waals surface area contributed by atoms with Crippen molar-refractivity contribution in [1.29, 1.82) is 0 Å². The number of fused-ring (bicyclic) bond motifs is 1. The number of aliphatic hydroxyl groups is 1. The molecule has 2 aromatic rings. The summed E-state index contributed by atoms with van der Waals surface area (Å²) < 4.78 is 1.94. The molecule has 128 valence electrons. The molecule has 3 rings (SSSR count). The molecule has 0 fully saturated rings. The van der Waals surface area contributed by atoms with E-state index < -0.39 is 0 Å². The number of carbonyl (C=O) groups excluding carboxylic acids is 1. The number of hydrogen-bond donors (Lipinski definition) is 2. The average Bonchev–Trinajstić information content (AvgIpc) is 2.88. The van der Waals surface area contributed by atoms with Gasteiger partial charge in [-0.25, -0.2) is 0 Å². The quantitative estimate of drug-likeness (QED) is 0.828. The number of nitrogens with one attached hydrogen (secondary N) is 1. The molecule has 0 unspecified atom stereocenters. The van der Waals surface area contributed by atoms with E-state index in [2.05, 4.69) is 27.4 Å². The van der Waals surface area contributed by atoms with E-state index in [4.69, 9.17) is 0 Å². The monoisotopic (exact) mass is 328 g/mol. The van der Waals surface area contributed by atoms with E-state index in [1.165, 1.54) is 5.56 Å². The van der Waals surface area contributed by atoms with Crippen molar-refractivity contribution in [3.05, 3.63) is 53.3 Å². The van der Waals surface area contributed by atoms with Crippen molar-refractivity contribution < 1.29 is 9.90 Å². The molecule has 6 heteroatoms. The summed E-state index contributed by atoms with van der Waals surface area (Å²) >= 11 is 0. The van der Waals surface area contributed by atoms with Crippen LogP contribution >= 0.6 is 0 Å². The van der Waals surface area contributed by atoms with Gasteiger partial charge in [-0.15, -0.1) is 0 Å². The number of rotatable bonds is 6. The van der Waals surface area contributed by atoms with Crippen LogP contribution < -0.4 is 5.32 Å². The zero-order valence-electron chi connectivity index (χ0n) is 13.8. The zero-order valence-corrected chi connectivity index (χ0v) is 13.8. The van der Waals surface area contributed by atoms with Gasteiger partial charge in [0.05, 0.1) is 24.5 Å². The van der Waals surface area contributed by atoms with Gasteiger partial charge in [0.1, 0.15) is 0 Å². The standard InChI is InChI=1S/C18H24N4O2/c23-14-16-11-17-12-21(9-4-10-22(17)20-16)13-18(24)19-8-7-15-5-2-1-3-6-15/h1-3,5-6,11,23H,4,7-10,12-14H2,(H,19,24). The molecule has 1 aliphatic heterocycles. The fourth-order valence-electron chi connectivity index (χ4n) is 3.05. The van der Waals surface area contributed by atoms with E-state index in [-0.39, 0.29) is 12.5 Å². The van der Waals surface area contributed by atoms with Gasteiger partial charge in [-0.2, -0.15) is 5.10 Å². The Kier molecular flexibility index (Phi) is 5.61. The first kappa shape index (κ1) is 16.7. The average molecular weight is 328 g/mol. The third-order valence-corrected chi connectivity index (χ3v) is 4.25. The number of nitrogens with zero attached hydrogens (tertiary/aromatic N) is 3. The Morgan fingerprint density at radius 1 is 1.25 bits per heavy atom. The number of aromatic nitrogens is 2. The molecule has 2 heterocycles. The number of carbonyl (C=O) groups is 1. The van der Waals surface area contributed by atoms with Crippen molar-refractivity contribution >= 4 is 5.91 Å². The zero-order chi connectivity index (χ0) is 16.8. The lowest BCUT2D eigenvalue weighted by Gasteiger charge is -2.18. The molecule has 0 spiro atoms. The second kappa shape index (κ2) is 8.08. The molecule has 0 bridgehead atoms. The number of aliphatic hydroxyl groups excluding tert-OH is 1. The van der Waals surface area contributed by atoms with Crippen molar-refractivity contribution in [3.63, 3.8) is 0 Å². The molecule has 0 saturated heterocycles. The van der Waals surface area contributed by atoms with Crippen LogP contribution in [0.5, 0.6) is 0 Å². The molecule has 0 aliphatic carbocycles. The topological polar surface area (TPSA) is 70.4 Å². The van der Waals surface area contributed by atoms with Crippen LogP contribution in [0.3, 0.4) is 0 Å². The van der Waals surface area contributed by atoms with Gasteiger partial charge in [0, 0.05) is 26.2 Å². The van der Waals surface area contributed by atoms with Crippen molar-refractivity contribution in [2.75, 3.05) is 19.6 Å². The van der Waals surface area contributed by atoms with E-state index >= 15 is 0 Å². The van der Waals surface area contributed by atoms with Gasteiger partial charge in [0.2, 0.25) is 5.91 Å². The highest BCUT2D eigenvalue weighted by atomic mass is 16.3. The van der Waals surface area contributed by atoms with Crippen molar-refractivity contribution in [2.24, 2.45) is 0 Å². The molecular weight excluding hydrogens is 304 g/mol. The van der Waals surface area contributed by atoms with E-state index in [1.54, 1.807) is 0 Å². The van der Waals surface area contributed by atoms with Crippen molar-refractivity contribution in [2.45, 2.75) is 32.5 Å². The first-order chi connectivity index (χ1) is 11.7. The molecule has 6 nitrogen and oxygen atoms in total. The third kappa shape index (κ3) is 4.43. The first-order valence-corrected chi connectivity index (χ1v) is 8.44. The summed E-state index contributed by atoms with van der Waals surface area (Å²) in [7, 11) is 0. The van der Waals surface area contributed by atoms with Crippen LogP contribution in [0.15, 0.2) is 36.4 Å². The first-order valence-electron chi connectivity index (χ1n) is 8.44. The Morgan fingerprint density at radius 2 is 2.08 bits per heavy atom. The second-order valence-corrected chi connectivity index (χ2v) is 6.16. The van der Waals surface area contributed by atoms with Gasteiger partial charge in [-0.1, -0.05) is 30.3 Å². The van der Waals surface area contributed by atoms with Gasteiger partial charge < -0.3 is 10.4 Å². The SMILES string of the molecule is O=C(CN1CCCn2nc(CO)cc2C1)NCCc1ccccc1. The minimum Gasteiger partial charge on any atom is -0.390 e. The van der Waals surface area contributed by atoms with Gasteiger partial charge in [0.25, 0.3) is 0 Å². The molecule has 1 aliphatic rings. The van der Waals surface area contributed by atoms with Gasteiger partial charge in [-0.05, 0) is 24.5 Å². The van der Waals surface area contributed by atoms with E-state index in [0.717, 1.165) is 31.6 Å². The Hall–Kier alpha value is -2.18.